The Kier molecular flexibility index (Phi) is 3.93. The van der Waals surface area contributed by atoms with Crippen LogP contribution >= 0.6 is 0 Å². The summed E-state index contributed by atoms with van der Waals surface area (Å²) in [7, 11) is 0. The summed E-state index contributed by atoms with van der Waals surface area (Å²) in [4.78, 5) is 2.49. The fourth-order valence-corrected chi connectivity index (χ4v) is 5.76. The third-order valence-electron chi connectivity index (χ3n) is 7.29. The highest BCUT2D eigenvalue weighted by atomic mass is 15.4. The van der Waals surface area contributed by atoms with E-state index in [4.69, 9.17) is 0 Å². The number of fused-ring (bicyclic) bond motifs is 11. The molecule has 6 nitrogen and oxygen atoms in total. The average Bonchev–Trinajstić information content (AvgIpc) is 3.67. The number of hydrogen-bond acceptors (Lipinski definition) is 4. The van der Waals surface area contributed by atoms with E-state index in [2.05, 4.69) is 105 Å². The van der Waals surface area contributed by atoms with Crippen molar-refractivity contribution in [2.45, 2.75) is 0 Å². The summed E-state index contributed by atoms with van der Waals surface area (Å²) in [6.07, 6.45) is 7.39. The molecule has 4 aromatic carbocycles. The van der Waals surface area contributed by atoms with Gasteiger partial charge in [-0.3, -0.25) is 0 Å². The van der Waals surface area contributed by atoms with Crippen LogP contribution in [0.1, 0.15) is 0 Å². The van der Waals surface area contributed by atoms with Crippen molar-refractivity contribution in [2.75, 3.05) is 4.81 Å². The van der Waals surface area contributed by atoms with Gasteiger partial charge >= 0.3 is 6.85 Å². The lowest BCUT2D eigenvalue weighted by atomic mass is 9.43. The molecule has 8 rings (SSSR count). The average molecular weight is 462 g/mol. The third-order valence-corrected chi connectivity index (χ3v) is 7.29. The van der Waals surface area contributed by atoms with E-state index in [-0.39, 0.29) is 6.85 Å². The number of benzene rings is 4. The molecule has 0 fully saturated rings. The molecule has 0 radical (unpaired) electrons. The smallest absolute Gasteiger partial charge is 0.329 e. The summed E-state index contributed by atoms with van der Waals surface area (Å²) in [5.74, 6) is 0. The summed E-state index contributed by atoms with van der Waals surface area (Å²) in [5.41, 5.74) is 11.9. The van der Waals surface area contributed by atoms with Gasteiger partial charge in [0.05, 0.1) is 23.8 Å². The van der Waals surface area contributed by atoms with Gasteiger partial charge in [-0.05, 0) is 52.4 Å². The molecule has 6 aromatic rings. The van der Waals surface area contributed by atoms with Crippen LogP contribution < -0.4 is 15.7 Å². The molecule has 0 bridgehead atoms. The molecule has 0 amide bonds. The molecule has 36 heavy (non-hydrogen) atoms. The first-order chi connectivity index (χ1) is 17.9. The van der Waals surface area contributed by atoms with Crippen molar-refractivity contribution in [3.05, 3.63) is 116 Å². The molecule has 0 saturated heterocycles. The Labute approximate surface area is 208 Å². The van der Waals surface area contributed by atoms with Crippen molar-refractivity contribution in [3.8, 4) is 33.6 Å². The van der Waals surface area contributed by atoms with Gasteiger partial charge in [0.1, 0.15) is 0 Å². The van der Waals surface area contributed by atoms with Gasteiger partial charge in [0.2, 0.25) is 0 Å². The van der Waals surface area contributed by atoms with Gasteiger partial charge < -0.3 is 4.81 Å². The van der Waals surface area contributed by atoms with Crippen LogP contribution in [0.4, 0.5) is 11.4 Å². The first kappa shape index (κ1) is 19.4. The zero-order valence-electron chi connectivity index (χ0n) is 19.2. The zero-order chi connectivity index (χ0) is 23.6. The van der Waals surface area contributed by atoms with Crippen LogP contribution in [0.2, 0.25) is 0 Å². The van der Waals surface area contributed by atoms with E-state index in [9.17, 15) is 0 Å². The molecular formula is C29H19BN6. The lowest BCUT2D eigenvalue weighted by Crippen LogP contribution is -2.59. The quantitative estimate of drug-likeness (QED) is 0.359. The Balaban J connectivity index is 1.46. The van der Waals surface area contributed by atoms with E-state index >= 15 is 0 Å². The van der Waals surface area contributed by atoms with E-state index in [1.54, 1.807) is 6.20 Å². The fraction of sp³-hybridized carbons (Fsp3) is 0. The van der Waals surface area contributed by atoms with Crippen molar-refractivity contribution in [2.24, 2.45) is 0 Å². The summed E-state index contributed by atoms with van der Waals surface area (Å²) in [6.45, 7) is 0.0521. The number of anilines is 2. The Morgan fingerprint density at radius 2 is 1.19 bits per heavy atom. The van der Waals surface area contributed by atoms with Crippen LogP contribution in [0.15, 0.2) is 116 Å². The largest absolute Gasteiger partial charge is 0.376 e. The topological polar surface area (TPSA) is 51.8 Å². The summed E-state index contributed by atoms with van der Waals surface area (Å²) < 4.78 is 3.73. The molecule has 0 N–H and O–H groups in total. The Morgan fingerprint density at radius 3 is 1.78 bits per heavy atom. The van der Waals surface area contributed by atoms with Crippen molar-refractivity contribution < 1.29 is 0 Å². The van der Waals surface area contributed by atoms with E-state index in [1.807, 2.05) is 34.0 Å². The SMILES string of the molecule is c1ccc2c(c1)B1c3ccccc3-c3ccc(-n4ccnn4)cc3N1c1cc(-n3cccn3)ccc1-2. The molecule has 0 unspecified atom stereocenters. The highest BCUT2D eigenvalue weighted by molar-refractivity contribution is 6.92. The first-order valence-electron chi connectivity index (χ1n) is 12.0. The molecular weight excluding hydrogens is 443 g/mol. The van der Waals surface area contributed by atoms with Gasteiger partial charge in [0, 0.05) is 34.9 Å². The van der Waals surface area contributed by atoms with Gasteiger partial charge in [-0.2, -0.15) is 5.10 Å². The van der Waals surface area contributed by atoms with Crippen molar-refractivity contribution in [1.29, 1.82) is 0 Å². The fourth-order valence-electron chi connectivity index (χ4n) is 5.76. The normalized spacial score (nSPS) is 12.9. The van der Waals surface area contributed by atoms with Crippen molar-refractivity contribution in [3.63, 3.8) is 0 Å². The summed E-state index contributed by atoms with van der Waals surface area (Å²) in [6, 6.07) is 32.7. The molecule has 4 heterocycles. The van der Waals surface area contributed by atoms with Gasteiger partial charge in [-0.25, -0.2) is 9.36 Å². The van der Waals surface area contributed by atoms with Gasteiger partial charge in [0.25, 0.3) is 0 Å². The van der Waals surface area contributed by atoms with Crippen molar-refractivity contribution in [1.82, 2.24) is 24.8 Å². The number of aromatic nitrogens is 5. The monoisotopic (exact) mass is 462 g/mol. The highest BCUT2D eigenvalue weighted by Crippen LogP contribution is 2.46. The molecule has 7 heteroatoms. The molecule has 2 aromatic heterocycles. The maximum absolute atomic E-state index is 4.49. The summed E-state index contributed by atoms with van der Waals surface area (Å²) >= 11 is 0. The van der Waals surface area contributed by atoms with Crippen LogP contribution in [0.25, 0.3) is 33.6 Å². The van der Waals surface area contributed by atoms with Gasteiger partial charge in [-0.1, -0.05) is 65.9 Å². The van der Waals surface area contributed by atoms with Crippen LogP contribution in [-0.4, -0.2) is 31.6 Å². The second kappa shape index (κ2) is 7.30. The summed E-state index contributed by atoms with van der Waals surface area (Å²) in [5, 5.41) is 12.8. The van der Waals surface area contributed by atoms with Crippen LogP contribution in [0, 0.1) is 0 Å². The van der Waals surface area contributed by atoms with Gasteiger partial charge in [0.15, 0.2) is 0 Å². The second-order valence-electron chi connectivity index (χ2n) is 9.15. The van der Waals surface area contributed by atoms with Gasteiger partial charge in [-0.15, -0.1) is 5.10 Å². The number of rotatable bonds is 2. The minimum Gasteiger partial charge on any atom is -0.376 e. The Morgan fingerprint density at radius 1 is 0.556 bits per heavy atom. The molecule has 2 aliphatic heterocycles. The lowest BCUT2D eigenvalue weighted by molar-refractivity contribution is 0.803. The van der Waals surface area contributed by atoms with E-state index in [0.29, 0.717) is 0 Å². The minimum absolute atomic E-state index is 0.0521. The van der Waals surface area contributed by atoms with Crippen molar-refractivity contribution >= 4 is 29.1 Å². The number of hydrogen-bond donors (Lipinski definition) is 0. The third kappa shape index (κ3) is 2.65. The maximum Gasteiger partial charge on any atom is 0.329 e. The molecule has 0 aliphatic carbocycles. The zero-order valence-corrected chi connectivity index (χ0v) is 19.2. The Bertz CT molecular complexity index is 1630. The molecule has 0 atom stereocenters. The second-order valence-corrected chi connectivity index (χ2v) is 9.15. The van der Waals surface area contributed by atoms with Crippen LogP contribution in [0.3, 0.4) is 0 Å². The molecule has 168 valence electrons. The Hall–Kier alpha value is -4.91. The standard InChI is InChI=1S/C29H19BN6/c1-3-8-26-22(6-1)24-12-10-20(34-16-5-14-32-34)18-28(24)36-29-19-21(35-17-15-31-33-35)11-13-25(29)23-7-2-4-9-27(23)30(26)36/h1-19H. The first-order valence-corrected chi connectivity index (χ1v) is 12.0. The molecule has 0 saturated carbocycles. The minimum atomic E-state index is 0.0521. The molecule has 0 spiro atoms. The van der Waals surface area contributed by atoms with Crippen LogP contribution in [-0.2, 0) is 0 Å². The number of nitrogens with zero attached hydrogens (tertiary/aromatic N) is 6. The molecule has 2 aliphatic rings. The highest BCUT2D eigenvalue weighted by Gasteiger charge is 2.42. The predicted octanol–water partition coefficient (Wildman–Crippen LogP) is 4.36. The van der Waals surface area contributed by atoms with E-state index < -0.39 is 0 Å². The lowest BCUT2D eigenvalue weighted by Gasteiger charge is -2.43. The van der Waals surface area contributed by atoms with E-state index in [0.717, 1.165) is 22.7 Å². The van der Waals surface area contributed by atoms with E-state index in [1.165, 1.54) is 33.2 Å². The van der Waals surface area contributed by atoms with Crippen LogP contribution in [0.5, 0.6) is 0 Å². The maximum atomic E-state index is 4.49. The predicted molar refractivity (Wildman–Crippen MR) is 143 cm³/mol.